The van der Waals surface area contributed by atoms with Crippen LogP contribution in [0.1, 0.15) is 33.1 Å². The minimum Gasteiger partial charge on any atom is -0.469 e. The van der Waals surface area contributed by atoms with Crippen molar-refractivity contribution >= 4 is 11.8 Å². The zero-order valence-electron chi connectivity index (χ0n) is 10.4. The largest absolute Gasteiger partial charge is 0.469 e. The molecule has 0 radical (unpaired) electrons. The van der Waals surface area contributed by atoms with E-state index in [-0.39, 0.29) is 30.6 Å². The van der Waals surface area contributed by atoms with Gasteiger partial charge in [0.25, 0.3) is 0 Å². The second kappa shape index (κ2) is 3.78. The van der Waals surface area contributed by atoms with Gasteiger partial charge in [0.2, 0.25) is 0 Å². The van der Waals surface area contributed by atoms with Crippen LogP contribution in [0.25, 0.3) is 0 Å². The average molecular weight is 242 g/mol. The quantitative estimate of drug-likeness (QED) is 0.574. The molecule has 1 heterocycles. The van der Waals surface area contributed by atoms with Crippen LogP contribution in [0.5, 0.6) is 0 Å². The van der Waals surface area contributed by atoms with Gasteiger partial charge in [0.05, 0.1) is 19.6 Å². The van der Waals surface area contributed by atoms with Crippen LogP contribution < -0.4 is 0 Å². The van der Waals surface area contributed by atoms with E-state index >= 15 is 0 Å². The number of ether oxygens (including phenoxy) is 2. The summed E-state index contributed by atoms with van der Waals surface area (Å²) in [5.41, 5.74) is -1.99. The molecule has 2 rings (SSSR count). The average Bonchev–Trinajstić information content (AvgIpc) is 2.90. The third-order valence-electron chi connectivity index (χ3n) is 4.19. The van der Waals surface area contributed by atoms with Crippen molar-refractivity contribution < 1.29 is 24.2 Å². The van der Waals surface area contributed by atoms with E-state index in [1.165, 1.54) is 14.0 Å². The number of epoxide rings is 1. The molecule has 0 aromatic heterocycles. The molecule has 0 bridgehead atoms. The third-order valence-corrected chi connectivity index (χ3v) is 4.19. The monoisotopic (exact) mass is 242 g/mol. The van der Waals surface area contributed by atoms with Crippen molar-refractivity contribution in [1.29, 1.82) is 0 Å². The second-order valence-corrected chi connectivity index (χ2v) is 5.25. The maximum Gasteiger partial charge on any atom is 0.308 e. The van der Waals surface area contributed by atoms with E-state index < -0.39 is 17.2 Å². The van der Waals surface area contributed by atoms with Crippen LogP contribution in [0.2, 0.25) is 0 Å². The van der Waals surface area contributed by atoms with E-state index in [9.17, 15) is 14.7 Å². The maximum absolute atomic E-state index is 11.4. The van der Waals surface area contributed by atoms with Crippen molar-refractivity contribution in [1.82, 2.24) is 0 Å². The Balaban J connectivity index is 2.18. The standard InChI is InChI=1S/C12H18O5/c1-7(13)8-4-9-11(2,17-9)12(15,5-8)6-10(14)16-3/h8-9,15H,4-6H2,1-3H3. The summed E-state index contributed by atoms with van der Waals surface area (Å²) in [6.45, 7) is 3.30. The van der Waals surface area contributed by atoms with Gasteiger partial charge in [-0.3, -0.25) is 9.59 Å². The molecular formula is C12H18O5. The van der Waals surface area contributed by atoms with E-state index in [2.05, 4.69) is 4.74 Å². The topological polar surface area (TPSA) is 76.1 Å². The molecule has 5 heteroatoms. The maximum atomic E-state index is 11.4. The number of rotatable bonds is 3. The van der Waals surface area contributed by atoms with Crippen molar-refractivity contribution in [3.8, 4) is 0 Å². The summed E-state index contributed by atoms with van der Waals surface area (Å²) in [5.74, 6) is -0.678. The second-order valence-electron chi connectivity index (χ2n) is 5.25. The Morgan fingerprint density at radius 3 is 2.71 bits per heavy atom. The van der Waals surface area contributed by atoms with Crippen molar-refractivity contribution in [2.45, 2.75) is 50.4 Å². The molecule has 1 aliphatic carbocycles. The fraction of sp³-hybridized carbons (Fsp3) is 0.833. The Kier molecular flexibility index (Phi) is 2.78. The molecule has 0 aromatic carbocycles. The van der Waals surface area contributed by atoms with Gasteiger partial charge in [-0.1, -0.05) is 0 Å². The minimum absolute atomic E-state index is 0.0332. The van der Waals surface area contributed by atoms with E-state index in [0.717, 1.165) is 0 Å². The molecule has 0 amide bonds. The summed E-state index contributed by atoms with van der Waals surface area (Å²) in [6.07, 6.45) is 0.653. The molecule has 17 heavy (non-hydrogen) atoms. The fourth-order valence-corrected chi connectivity index (χ4v) is 2.76. The van der Waals surface area contributed by atoms with Gasteiger partial charge in [-0.05, 0) is 26.7 Å². The van der Waals surface area contributed by atoms with Crippen LogP contribution in [0, 0.1) is 5.92 Å². The van der Waals surface area contributed by atoms with E-state index in [1.54, 1.807) is 6.92 Å². The van der Waals surface area contributed by atoms with Gasteiger partial charge < -0.3 is 14.6 Å². The first-order chi connectivity index (χ1) is 7.82. The molecule has 1 saturated heterocycles. The summed E-state index contributed by atoms with van der Waals surface area (Å²) in [5, 5.41) is 10.6. The Labute approximate surface area is 100 Å². The molecule has 96 valence electrons. The summed E-state index contributed by atoms with van der Waals surface area (Å²) < 4.78 is 10.1. The van der Waals surface area contributed by atoms with Crippen LogP contribution in [0.4, 0.5) is 0 Å². The van der Waals surface area contributed by atoms with Crippen molar-refractivity contribution in [3.63, 3.8) is 0 Å². The lowest BCUT2D eigenvalue weighted by atomic mass is 9.69. The normalized spacial score (nSPS) is 43.8. The predicted molar refractivity (Wildman–Crippen MR) is 58.3 cm³/mol. The van der Waals surface area contributed by atoms with Gasteiger partial charge in [0, 0.05) is 5.92 Å². The number of carbonyl (C=O) groups is 2. The van der Waals surface area contributed by atoms with Gasteiger partial charge in [-0.2, -0.15) is 0 Å². The number of ketones is 1. The zero-order chi connectivity index (χ0) is 12.8. The highest BCUT2D eigenvalue weighted by Gasteiger charge is 2.69. The zero-order valence-corrected chi connectivity index (χ0v) is 10.4. The predicted octanol–water partition coefficient (Wildman–Crippen LogP) is 0.437. The highest BCUT2D eigenvalue weighted by molar-refractivity contribution is 5.79. The molecule has 0 aromatic rings. The Morgan fingerprint density at radius 2 is 2.18 bits per heavy atom. The van der Waals surface area contributed by atoms with Crippen LogP contribution in [0.15, 0.2) is 0 Å². The van der Waals surface area contributed by atoms with Gasteiger partial charge >= 0.3 is 5.97 Å². The van der Waals surface area contributed by atoms with E-state index in [4.69, 9.17) is 4.74 Å². The number of Topliss-reactive ketones (excluding diaryl/α,β-unsaturated/α-hetero) is 1. The van der Waals surface area contributed by atoms with Crippen LogP contribution in [-0.4, -0.2) is 41.3 Å². The molecule has 1 saturated carbocycles. The number of hydrogen-bond donors (Lipinski definition) is 1. The van der Waals surface area contributed by atoms with Crippen molar-refractivity contribution in [3.05, 3.63) is 0 Å². The van der Waals surface area contributed by atoms with Gasteiger partial charge in [-0.25, -0.2) is 0 Å². The Bertz CT molecular complexity index is 366. The van der Waals surface area contributed by atoms with Crippen LogP contribution >= 0.6 is 0 Å². The highest BCUT2D eigenvalue weighted by Crippen LogP contribution is 2.56. The SMILES string of the molecule is COC(=O)CC1(O)CC(C(C)=O)CC2OC21C. The summed E-state index contributed by atoms with van der Waals surface area (Å²) in [4.78, 5) is 22.8. The first kappa shape index (κ1) is 12.5. The molecule has 5 nitrogen and oxygen atoms in total. The summed E-state index contributed by atoms with van der Waals surface area (Å²) >= 11 is 0. The first-order valence-corrected chi connectivity index (χ1v) is 5.80. The lowest BCUT2D eigenvalue weighted by Crippen LogP contribution is -2.52. The number of fused-ring (bicyclic) bond motifs is 1. The lowest BCUT2D eigenvalue weighted by Gasteiger charge is -2.37. The molecule has 2 fully saturated rings. The molecule has 1 aliphatic heterocycles. The van der Waals surface area contributed by atoms with Crippen molar-refractivity contribution in [2.24, 2.45) is 5.92 Å². The number of methoxy groups -OCH3 is 1. The van der Waals surface area contributed by atoms with E-state index in [0.29, 0.717) is 6.42 Å². The van der Waals surface area contributed by atoms with Crippen LogP contribution in [-0.2, 0) is 19.1 Å². The summed E-state index contributed by atoms with van der Waals surface area (Å²) in [7, 11) is 1.28. The fourth-order valence-electron chi connectivity index (χ4n) is 2.76. The number of carbonyl (C=O) groups excluding carboxylic acids is 2. The third kappa shape index (κ3) is 1.87. The minimum atomic E-state index is -1.29. The Morgan fingerprint density at radius 1 is 1.53 bits per heavy atom. The highest BCUT2D eigenvalue weighted by atomic mass is 16.6. The summed E-state index contributed by atoms with van der Waals surface area (Å²) in [6, 6.07) is 0. The molecule has 2 aliphatic rings. The van der Waals surface area contributed by atoms with E-state index in [1.807, 2.05) is 0 Å². The van der Waals surface area contributed by atoms with Gasteiger partial charge in [0.15, 0.2) is 0 Å². The smallest absolute Gasteiger partial charge is 0.308 e. The molecule has 1 N–H and O–H groups in total. The molecular weight excluding hydrogens is 224 g/mol. The van der Waals surface area contributed by atoms with Gasteiger partial charge in [0.1, 0.15) is 17.0 Å². The molecule has 4 unspecified atom stereocenters. The number of aliphatic hydroxyl groups is 1. The van der Waals surface area contributed by atoms with Gasteiger partial charge in [-0.15, -0.1) is 0 Å². The molecule has 0 spiro atoms. The number of esters is 1. The van der Waals surface area contributed by atoms with Crippen LogP contribution in [0.3, 0.4) is 0 Å². The Hall–Kier alpha value is -0.940. The first-order valence-electron chi connectivity index (χ1n) is 5.80. The molecule has 4 atom stereocenters. The lowest BCUT2D eigenvalue weighted by molar-refractivity contribution is -0.152. The van der Waals surface area contributed by atoms with Crippen molar-refractivity contribution in [2.75, 3.05) is 7.11 Å². The number of hydrogen-bond acceptors (Lipinski definition) is 5.